The van der Waals surface area contributed by atoms with E-state index in [9.17, 15) is 4.79 Å². The summed E-state index contributed by atoms with van der Waals surface area (Å²) in [6.07, 6.45) is 5.64. The molecule has 1 aliphatic rings. The van der Waals surface area contributed by atoms with Crippen LogP contribution in [0.25, 0.3) is 12.2 Å². The maximum atomic E-state index is 13.2. The van der Waals surface area contributed by atoms with E-state index < -0.39 is 0 Å². The predicted molar refractivity (Wildman–Crippen MR) is 115 cm³/mol. The Balaban J connectivity index is 1.97. The average Bonchev–Trinajstić information content (AvgIpc) is 2.71. The van der Waals surface area contributed by atoms with E-state index in [0.29, 0.717) is 11.8 Å². The third-order valence-electron chi connectivity index (χ3n) is 5.36. The Morgan fingerprint density at radius 2 is 1.32 bits per heavy atom. The Morgan fingerprint density at radius 1 is 0.857 bits per heavy atom. The molecule has 1 fully saturated rings. The summed E-state index contributed by atoms with van der Waals surface area (Å²) in [5.41, 5.74) is 3.72. The van der Waals surface area contributed by atoms with E-state index in [2.05, 4.69) is 13.8 Å². The Labute approximate surface area is 167 Å². The molecule has 0 N–H and O–H groups in total. The number of allylic oxidation sites excluding steroid dienone is 2. The molecule has 0 aromatic heterocycles. The molecule has 0 unspecified atom stereocenters. The van der Waals surface area contributed by atoms with Crippen LogP contribution in [0.1, 0.15) is 37.8 Å². The molecule has 2 aromatic rings. The highest BCUT2D eigenvalue weighted by Gasteiger charge is 2.29. The van der Waals surface area contributed by atoms with Crippen LogP contribution in [-0.4, -0.2) is 20.0 Å². The van der Waals surface area contributed by atoms with Crippen LogP contribution in [0, 0.1) is 11.8 Å². The third-order valence-corrected chi connectivity index (χ3v) is 5.36. The molecule has 1 aliphatic carbocycles. The van der Waals surface area contributed by atoms with Gasteiger partial charge in [-0.25, -0.2) is 0 Å². The van der Waals surface area contributed by atoms with Crippen molar-refractivity contribution >= 4 is 17.9 Å². The molecule has 1 saturated carbocycles. The number of carbonyl (C=O) groups is 1. The van der Waals surface area contributed by atoms with Crippen molar-refractivity contribution in [3.8, 4) is 11.5 Å². The Bertz CT molecular complexity index is 836. The van der Waals surface area contributed by atoms with Crippen LogP contribution in [0.15, 0.2) is 59.7 Å². The van der Waals surface area contributed by atoms with Gasteiger partial charge in [0.2, 0.25) is 0 Å². The highest BCUT2D eigenvalue weighted by Crippen LogP contribution is 2.36. The summed E-state index contributed by atoms with van der Waals surface area (Å²) in [6.45, 7) is 4.46. The standard InChI is InChI=1S/C25H28O3/c1-17(2)20-15-21(11-18-7-5-9-23(13-18)27-3)25(26)22(16-20)12-19-8-6-10-24(14-19)28-4/h5-14,17,20H,15-16H2,1-4H3/b21-11+,22-12+. The Morgan fingerprint density at radius 3 is 1.71 bits per heavy atom. The summed E-state index contributed by atoms with van der Waals surface area (Å²) in [5, 5.41) is 0. The summed E-state index contributed by atoms with van der Waals surface area (Å²) in [4.78, 5) is 13.2. The maximum absolute atomic E-state index is 13.2. The fraction of sp³-hybridized carbons (Fsp3) is 0.320. The Kier molecular flexibility index (Phi) is 6.35. The second-order valence-electron chi connectivity index (χ2n) is 7.63. The van der Waals surface area contributed by atoms with Crippen LogP contribution >= 0.6 is 0 Å². The van der Waals surface area contributed by atoms with Crippen LogP contribution in [0.2, 0.25) is 0 Å². The van der Waals surface area contributed by atoms with Crippen molar-refractivity contribution in [1.82, 2.24) is 0 Å². The smallest absolute Gasteiger partial charge is 0.185 e. The van der Waals surface area contributed by atoms with E-state index in [4.69, 9.17) is 9.47 Å². The summed E-state index contributed by atoms with van der Waals surface area (Å²) in [5.74, 6) is 2.69. The summed E-state index contributed by atoms with van der Waals surface area (Å²) in [6, 6.07) is 15.7. The molecule has 0 aliphatic heterocycles. The second kappa shape index (κ2) is 8.92. The zero-order valence-electron chi connectivity index (χ0n) is 17.1. The number of hydrogen-bond donors (Lipinski definition) is 0. The van der Waals surface area contributed by atoms with E-state index in [1.54, 1.807) is 14.2 Å². The first kappa shape index (κ1) is 19.9. The number of hydrogen-bond acceptors (Lipinski definition) is 3. The van der Waals surface area contributed by atoms with Crippen molar-refractivity contribution in [1.29, 1.82) is 0 Å². The first-order chi connectivity index (χ1) is 13.5. The predicted octanol–water partition coefficient (Wildman–Crippen LogP) is 5.81. The second-order valence-corrected chi connectivity index (χ2v) is 7.63. The molecule has 0 spiro atoms. The van der Waals surface area contributed by atoms with Gasteiger partial charge >= 0.3 is 0 Å². The number of ether oxygens (including phenoxy) is 2. The summed E-state index contributed by atoms with van der Waals surface area (Å²) in [7, 11) is 3.31. The van der Waals surface area contributed by atoms with Gasteiger partial charge in [-0.15, -0.1) is 0 Å². The van der Waals surface area contributed by atoms with Crippen molar-refractivity contribution in [3.63, 3.8) is 0 Å². The highest BCUT2D eigenvalue weighted by atomic mass is 16.5. The molecule has 3 rings (SSSR count). The number of methoxy groups -OCH3 is 2. The van der Waals surface area contributed by atoms with Crippen LogP contribution in [0.5, 0.6) is 11.5 Å². The lowest BCUT2D eigenvalue weighted by Crippen LogP contribution is -2.23. The van der Waals surface area contributed by atoms with Crippen molar-refractivity contribution < 1.29 is 14.3 Å². The monoisotopic (exact) mass is 376 g/mol. The molecule has 0 amide bonds. The van der Waals surface area contributed by atoms with Gasteiger partial charge in [-0.3, -0.25) is 4.79 Å². The molecular weight excluding hydrogens is 348 g/mol. The van der Waals surface area contributed by atoms with Crippen LogP contribution in [0.4, 0.5) is 0 Å². The number of benzene rings is 2. The van der Waals surface area contributed by atoms with Gasteiger partial charge in [0.1, 0.15) is 11.5 Å². The lowest BCUT2D eigenvalue weighted by atomic mass is 9.75. The van der Waals surface area contributed by atoms with Gasteiger partial charge in [-0.1, -0.05) is 38.1 Å². The van der Waals surface area contributed by atoms with E-state index in [1.165, 1.54) is 0 Å². The minimum absolute atomic E-state index is 0.141. The SMILES string of the molecule is COc1cccc(/C=C2\CC(C(C)C)C/C(=C\c3cccc(OC)c3)C2=O)c1. The zero-order chi connectivity index (χ0) is 20.1. The third kappa shape index (κ3) is 4.72. The molecule has 0 saturated heterocycles. The molecule has 0 heterocycles. The quantitative estimate of drug-likeness (QED) is 0.618. The minimum Gasteiger partial charge on any atom is -0.497 e. The van der Waals surface area contributed by atoms with Gasteiger partial charge < -0.3 is 9.47 Å². The van der Waals surface area contributed by atoms with Crippen LogP contribution in [0.3, 0.4) is 0 Å². The molecular formula is C25H28O3. The summed E-state index contributed by atoms with van der Waals surface area (Å²) >= 11 is 0. The lowest BCUT2D eigenvalue weighted by Gasteiger charge is -2.28. The number of carbonyl (C=O) groups excluding carboxylic acids is 1. The molecule has 3 nitrogen and oxygen atoms in total. The first-order valence-corrected chi connectivity index (χ1v) is 9.74. The number of ketones is 1. The van der Waals surface area contributed by atoms with Crippen molar-refractivity contribution in [2.75, 3.05) is 14.2 Å². The van der Waals surface area contributed by atoms with Crippen molar-refractivity contribution in [2.24, 2.45) is 11.8 Å². The van der Waals surface area contributed by atoms with Gasteiger partial charge in [0.15, 0.2) is 5.78 Å². The van der Waals surface area contributed by atoms with Gasteiger partial charge in [0.05, 0.1) is 14.2 Å². The van der Waals surface area contributed by atoms with E-state index in [1.807, 2.05) is 60.7 Å². The van der Waals surface area contributed by atoms with Crippen LogP contribution in [-0.2, 0) is 4.79 Å². The lowest BCUT2D eigenvalue weighted by molar-refractivity contribution is -0.113. The number of rotatable bonds is 5. The normalized spacial score (nSPS) is 20.0. The fourth-order valence-electron chi connectivity index (χ4n) is 3.61. The molecule has 28 heavy (non-hydrogen) atoms. The minimum atomic E-state index is 0.141. The van der Waals surface area contributed by atoms with E-state index in [0.717, 1.165) is 46.6 Å². The van der Waals surface area contributed by atoms with Gasteiger partial charge in [-0.2, -0.15) is 0 Å². The Hall–Kier alpha value is -2.81. The molecule has 0 radical (unpaired) electrons. The average molecular weight is 376 g/mol. The summed E-state index contributed by atoms with van der Waals surface area (Å²) < 4.78 is 10.6. The van der Waals surface area contributed by atoms with Gasteiger partial charge in [0.25, 0.3) is 0 Å². The highest BCUT2D eigenvalue weighted by molar-refractivity contribution is 6.14. The molecule has 0 atom stereocenters. The fourth-order valence-corrected chi connectivity index (χ4v) is 3.61. The molecule has 2 aromatic carbocycles. The van der Waals surface area contributed by atoms with Crippen LogP contribution < -0.4 is 9.47 Å². The van der Waals surface area contributed by atoms with Gasteiger partial charge in [0, 0.05) is 11.1 Å². The van der Waals surface area contributed by atoms with E-state index >= 15 is 0 Å². The van der Waals surface area contributed by atoms with Crippen molar-refractivity contribution in [2.45, 2.75) is 26.7 Å². The maximum Gasteiger partial charge on any atom is 0.185 e. The van der Waals surface area contributed by atoms with Gasteiger partial charge in [-0.05, 0) is 72.2 Å². The number of Topliss-reactive ketones (excluding diaryl/α,β-unsaturated/α-hetero) is 1. The molecule has 0 bridgehead atoms. The zero-order valence-corrected chi connectivity index (χ0v) is 17.1. The molecule has 146 valence electrons. The first-order valence-electron chi connectivity index (χ1n) is 9.74. The van der Waals surface area contributed by atoms with Crippen molar-refractivity contribution in [3.05, 3.63) is 70.8 Å². The van der Waals surface area contributed by atoms with E-state index in [-0.39, 0.29) is 5.78 Å². The largest absolute Gasteiger partial charge is 0.497 e. The topological polar surface area (TPSA) is 35.5 Å². The molecule has 3 heteroatoms.